The van der Waals surface area contributed by atoms with Gasteiger partial charge in [-0.2, -0.15) is 13.6 Å². The summed E-state index contributed by atoms with van der Waals surface area (Å²) in [6, 6.07) is 5.08. The van der Waals surface area contributed by atoms with E-state index in [9.17, 15) is 13.5 Å². The van der Waals surface area contributed by atoms with Gasteiger partial charge in [-0.05, 0) is 72.2 Å². The van der Waals surface area contributed by atoms with Crippen molar-refractivity contribution in [3.63, 3.8) is 0 Å². The fraction of sp³-hybridized carbons (Fsp3) is 0.375. The molecule has 1 aliphatic carbocycles. The average molecular weight is 321 g/mol. The van der Waals surface area contributed by atoms with Gasteiger partial charge in [-0.25, -0.2) is 0 Å². The monoisotopic (exact) mass is 321 g/mol. The van der Waals surface area contributed by atoms with Gasteiger partial charge in [-0.3, -0.25) is 0 Å². The first-order valence-electron chi connectivity index (χ1n) is 7.36. The van der Waals surface area contributed by atoms with Gasteiger partial charge in [-0.1, -0.05) is 12.5 Å². The van der Waals surface area contributed by atoms with Crippen LogP contribution in [0.3, 0.4) is 0 Å². The Morgan fingerprint density at radius 2 is 1.77 bits per heavy atom. The number of nitrogens with two attached hydrogens (primary N) is 1. The van der Waals surface area contributed by atoms with Crippen LogP contribution < -0.4 is 9.32 Å². The zero-order valence-corrected chi connectivity index (χ0v) is 13.2. The van der Waals surface area contributed by atoms with E-state index in [4.69, 9.17) is 9.32 Å². The molecule has 0 amide bonds. The van der Waals surface area contributed by atoms with Crippen molar-refractivity contribution in [2.75, 3.05) is 0 Å². The number of aryl methyl sites for hydroxylation is 2. The van der Waals surface area contributed by atoms with Crippen molar-refractivity contribution in [1.82, 2.24) is 0 Å². The van der Waals surface area contributed by atoms with E-state index in [1.807, 2.05) is 13.0 Å². The molecule has 1 aliphatic rings. The van der Waals surface area contributed by atoms with Crippen LogP contribution in [-0.4, -0.2) is 13.5 Å². The largest absolute Gasteiger partial charge is 0.507 e. The van der Waals surface area contributed by atoms with E-state index in [1.54, 1.807) is 12.1 Å². The van der Waals surface area contributed by atoms with Crippen LogP contribution in [0.4, 0.5) is 0 Å². The third-order valence-corrected chi connectivity index (χ3v) is 4.72. The minimum absolute atomic E-state index is 0.158. The Balaban J connectivity index is 2.23. The summed E-state index contributed by atoms with van der Waals surface area (Å²) in [7, 11) is -4.05. The molecule has 0 spiro atoms. The molecule has 0 atom stereocenters. The van der Waals surface area contributed by atoms with E-state index in [0.29, 0.717) is 5.75 Å². The van der Waals surface area contributed by atoms with E-state index >= 15 is 0 Å². The molecule has 0 bridgehead atoms. The van der Waals surface area contributed by atoms with Crippen LogP contribution in [-0.2, 0) is 23.1 Å². The Morgan fingerprint density at radius 3 is 2.45 bits per heavy atom. The van der Waals surface area contributed by atoms with E-state index in [1.165, 1.54) is 0 Å². The fourth-order valence-electron chi connectivity index (χ4n) is 3.28. The topological polar surface area (TPSA) is 89.6 Å². The van der Waals surface area contributed by atoms with Crippen molar-refractivity contribution in [2.45, 2.75) is 39.0 Å². The second-order valence-corrected chi connectivity index (χ2v) is 6.93. The lowest BCUT2D eigenvalue weighted by Crippen LogP contribution is -2.18. The van der Waals surface area contributed by atoms with Crippen molar-refractivity contribution < 1.29 is 17.7 Å². The van der Waals surface area contributed by atoms with Crippen LogP contribution in [0, 0.1) is 6.92 Å². The maximum atomic E-state index is 11.1. The standard InChI is InChI=1S/C16H19NO4S/c1-10-15-9-11(21-22(17,19)20)7-8-13(15)12-5-3-2-4-6-14(12)16(10)18/h7-9,18H,2-6H2,1H3,(H2,17,19,20). The third kappa shape index (κ3) is 2.76. The predicted octanol–water partition coefficient (Wildman–Crippen LogP) is 2.71. The van der Waals surface area contributed by atoms with Crippen LogP contribution >= 0.6 is 0 Å². The molecule has 118 valence electrons. The van der Waals surface area contributed by atoms with Gasteiger partial charge in [0, 0.05) is 0 Å². The number of hydrogen-bond donors (Lipinski definition) is 2. The number of rotatable bonds is 2. The fourth-order valence-corrected chi connectivity index (χ4v) is 3.65. The van der Waals surface area contributed by atoms with Crippen molar-refractivity contribution in [3.8, 4) is 11.5 Å². The van der Waals surface area contributed by atoms with Crippen LogP contribution in [0.25, 0.3) is 10.8 Å². The quantitative estimate of drug-likeness (QED) is 0.832. The highest BCUT2D eigenvalue weighted by molar-refractivity contribution is 7.84. The molecule has 0 fully saturated rings. The van der Waals surface area contributed by atoms with Crippen LogP contribution in [0.2, 0.25) is 0 Å². The highest BCUT2D eigenvalue weighted by Crippen LogP contribution is 2.39. The SMILES string of the molecule is Cc1c(O)c2c(c3ccc(OS(N)(=O)=O)cc13)CCCCC2. The second-order valence-electron chi connectivity index (χ2n) is 5.77. The van der Waals surface area contributed by atoms with E-state index in [2.05, 4.69) is 0 Å². The van der Waals surface area contributed by atoms with E-state index in [0.717, 1.165) is 59.6 Å². The van der Waals surface area contributed by atoms with Crippen molar-refractivity contribution in [1.29, 1.82) is 0 Å². The summed E-state index contributed by atoms with van der Waals surface area (Å²) in [5.74, 6) is 0.475. The van der Waals surface area contributed by atoms with Crippen LogP contribution in [0.15, 0.2) is 18.2 Å². The summed E-state index contributed by atoms with van der Waals surface area (Å²) in [5.41, 5.74) is 2.94. The van der Waals surface area contributed by atoms with Gasteiger partial charge in [0.1, 0.15) is 11.5 Å². The van der Waals surface area contributed by atoms with Gasteiger partial charge >= 0.3 is 10.3 Å². The van der Waals surface area contributed by atoms with Gasteiger partial charge in [0.05, 0.1) is 0 Å². The molecule has 3 N–H and O–H groups in total. The summed E-state index contributed by atoms with van der Waals surface area (Å²) in [6.07, 6.45) is 5.14. The molecule has 0 heterocycles. The van der Waals surface area contributed by atoms with E-state index in [-0.39, 0.29) is 5.75 Å². The summed E-state index contributed by atoms with van der Waals surface area (Å²) in [6.45, 7) is 1.84. The molecular formula is C16H19NO4S. The predicted molar refractivity (Wildman–Crippen MR) is 85.3 cm³/mol. The zero-order chi connectivity index (χ0) is 15.9. The van der Waals surface area contributed by atoms with E-state index < -0.39 is 10.3 Å². The Kier molecular flexibility index (Phi) is 3.74. The summed E-state index contributed by atoms with van der Waals surface area (Å²) < 4.78 is 26.9. The number of phenols is 1. The molecule has 0 saturated carbocycles. The molecule has 5 nitrogen and oxygen atoms in total. The minimum Gasteiger partial charge on any atom is -0.507 e. The number of hydrogen-bond acceptors (Lipinski definition) is 4. The highest BCUT2D eigenvalue weighted by Gasteiger charge is 2.19. The van der Waals surface area contributed by atoms with Crippen LogP contribution in [0.5, 0.6) is 11.5 Å². The molecule has 6 heteroatoms. The summed E-state index contributed by atoms with van der Waals surface area (Å²) in [4.78, 5) is 0. The van der Waals surface area contributed by atoms with Crippen LogP contribution in [0.1, 0.15) is 36.0 Å². The van der Waals surface area contributed by atoms with Gasteiger partial charge in [0.2, 0.25) is 0 Å². The van der Waals surface area contributed by atoms with Crippen molar-refractivity contribution in [3.05, 3.63) is 34.9 Å². The lowest BCUT2D eigenvalue weighted by atomic mass is 9.91. The first-order valence-corrected chi connectivity index (χ1v) is 8.83. The van der Waals surface area contributed by atoms with Crippen molar-refractivity contribution in [2.24, 2.45) is 5.14 Å². The number of benzene rings is 2. The van der Waals surface area contributed by atoms with Gasteiger partial charge in [-0.15, -0.1) is 0 Å². The van der Waals surface area contributed by atoms with Crippen molar-refractivity contribution >= 4 is 21.1 Å². The minimum atomic E-state index is -4.05. The number of phenolic OH excluding ortho intramolecular Hbond substituents is 1. The maximum Gasteiger partial charge on any atom is 0.380 e. The molecule has 0 aliphatic heterocycles. The van der Waals surface area contributed by atoms with Gasteiger partial charge in [0.15, 0.2) is 0 Å². The molecule has 0 unspecified atom stereocenters. The molecule has 0 aromatic heterocycles. The van der Waals surface area contributed by atoms with Gasteiger partial charge < -0.3 is 9.29 Å². The summed E-state index contributed by atoms with van der Waals surface area (Å²) >= 11 is 0. The molecule has 0 radical (unpaired) electrons. The zero-order valence-electron chi connectivity index (χ0n) is 12.4. The molecule has 22 heavy (non-hydrogen) atoms. The lowest BCUT2D eigenvalue weighted by molar-refractivity contribution is 0.464. The van der Waals surface area contributed by atoms with Gasteiger partial charge in [0.25, 0.3) is 0 Å². The molecule has 0 saturated heterocycles. The highest BCUT2D eigenvalue weighted by atomic mass is 32.2. The average Bonchev–Trinajstić information content (AvgIpc) is 2.69. The molecule has 2 aromatic carbocycles. The Morgan fingerprint density at radius 1 is 1.09 bits per heavy atom. The molecule has 2 aromatic rings. The second kappa shape index (κ2) is 5.44. The normalized spacial score (nSPS) is 15.4. The Bertz CT molecular complexity index is 843. The third-order valence-electron chi connectivity index (χ3n) is 4.29. The smallest absolute Gasteiger partial charge is 0.380 e. The Labute approximate surface area is 130 Å². The lowest BCUT2D eigenvalue weighted by Gasteiger charge is -2.16. The maximum absolute atomic E-state index is 11.1. The molecular weight excluding hydrogens is 302 g/mol. The number of aromatic hydroxyl groups is 1. The molecule has 3 rings (SSSR count). The first-order chi connectivity index (χ1) is 10.4. The Hall–Kier alpha value is -1.79. The first kappa shape index (κ1) is 15.1. The summed E-state index contributed by atoms with van der Waals surface area (Å²) in [5, 5.41) is 17.3. The number of fused-ring (bicyclic) bond motifs is 3.